The van der Waals surface area contributed by atoms with Crippen molar-refractivity contribution in [3.63, 3.8) is 0 Å². The lowest BCUT2D eigenvalue weighted by Gasteiger charge is -2.36. The van der Waals surface area contributed by atoms with Crippen LogP contribution in [0, 0.1) is 17.8 Å². The van der Waals surface area contributed by atoms with E-state index in [4.69, 9.17) is 9.47 Å². The quantitative estimate of drug-likeness (QED) is 0.247. The molecule has 2 fully saturated rings. The van der Waals surface area contributed by atoms with Crippen LogP contribution in [0.15, 0.2) is 42.9 Å². The number of nitrogens with zero attached hydrogens (tertiary/aromatic N) is 1. The maximum absolute atomic E-state index is 13.4. The number of likely N-dealkylation sites (tertiary alicyclic amines) is 1. The molecule has 2 heterocycles. The van der Waals surface area contributed by atoms with E-state index in [0.717, 1.165) is 10.5 Å². The number of benzene rings is 1. The number of nitrogens with one attached hydrogen (secondary N) is 3. The number of fused-ring (bicyclic) bond motifs is 2. The van der Waals surface area contributed by atoms with Gasteiger partial charge in [0.2, 0.25) is 23.6 Å². The Bertz CT molecular complexity index is 1160. The normalized spacial score (nSPS) is 25.0. The van der Waals surface area contributed by atoms with Crippen LogP contribution in [0.1, 0.15) is 45.1 Å². The predicted molar refractivity (Wildman–Crippen MR) is 150 cm³/mol. The van der Waals surface area contributed by atoms with Crippen molar-refractivity contribution in [3.05, 3.63) is 48.4 Å². The second-order valence-electron chi connectivity index (χ2n) is 11.5. The SMILES string of the molecule is CNC(=O)[C@H](Cc1ccccc1)NC(=O)[C@H](CC(C)C)NC(CCN1C(=O)C2CC3OC=COC3CC2C1=O)C(=O)O. The molecule has 5 unspecified atom stereocenters. The van der Waals surface area contributed by atoms with Gasteiger partial charge in [-0.15, -0.1) is 0 Å². The Hall–Kier alpha value is -3.93. The molecule has 1 saturated carbocycles. The highest BCUT2D eigenvalue weighted by Crippen LogP contribution is 2.41. The summed E-state index contributed by atoms with van der Waals surface area (Å²) in [6.45, 7) is 3.71. The van der Waals surface area contributed by atoms with Crippen molar-refractivity contribution in [1.82, 2.24) is 20.9 Å². The number of imide groups is 1. The Morgan fingerprint density at radius 1 is 0.929 bits per heavy atom. The van der Waals surface area contributed by atoms with E-state index in [0.29, 0.717) is 19.3 Å². The molecule has 4 N–H and O–H groups in total. The molecule has 1 aromatic carbocycles. The van der Waals surface area contributed by atoms with Crippen molar-refractivity contribution in [2.75, 3.05) is 13.6 Å². The van der Waals surface area contributed by atoms with Gasteiger partial charge in [0.25, 0.3) is 0 Å². The first-order chi connectivity index (χ1) is 20.1. The first-order valence-electron chi connectivity index (χ1n) is 14.4. The molecule has 3 aliphatic rings. The van der Waals surface area contributed by atoms with Crippen LogP contribution >= 0.6 is 0 Å². The summed E-state index contributed by atoms with van der Waals surface area (Å²) in [6.07, 6.45) is 3.45. The van der Waals surface area contributed by atoms with Crippen molar-refractivity contribution in [1.29, 1.82) is 0 Å². The van der Waals surface area contributed by atoms with Crippen molar-refractivity contribution in [3.8, 4) is 0 Å². The van der Waals surface area contributed by atoms with E-state index in [2.05, 4.69) is 16.0 Å². The average Bonchev–Trinajstić information content (AvgIpc) is 3.20. The standard InChI is InChI=1S/C30H40N4O8/c1-17(2)13-22(27(36)33-23(26(35)31-3)14-18-7-5-4-6-8-18)32-21(30(39)40)9-10-34-28(37)19-15-24-25(42-12-11-41-24)16-20(19)29(34)38/h4-8,11-12,17,19-25,32H,9-10,13-16H2,1-3H3,(H,31,35)(H,33,36)(H,39,40)/t19?,20?,21?,22-,23-,24?,25?/m0/s1. The van der Waals surface area contributed by atoms with Gasteiger partial charge >= 0.3 is 5.97 Å². The Labute approximate surface area is 245 Å². The van der Waals surface area contributed by atoms with Crippen molar-refractivity contribution >= 4 is 29.6 Å². The van der Waals surface area contributed by atoms with E-state index < -0.39 is 41.8 Å². The highest BCUT2D eigenvalue weighted by molar-refractivity contribution is 6.05. The van der Waals surface area contributed by atoms with Gasteiger partial charge in [0.1, 0.15) is 36.8 Å². The van der Waals surface area contributed by atoms with E-state index in [1.807, 2.05) is 44.2 Å². The average molecular weight is 585 g/mol. The number of likely N-dealkylation sites (N-methyl/N-ethyl adjacent to an activating group) is 1. The molecule has 1 aromatic rings. The molecule has 4 amide bonds. The number of aliphatic carboxylic acids is 1. The zero-order chi connectivity index (χ0) is 30.4. The van der Waals surface area contributed by atoms with Crippen LogP contribution in [0.3, 0.4) is 0 Å². The minimum absolute atomic E-state index is 0.0302. The molecule has 228 valence electrons. The molecule has 12 nitrogen and oxygen atoms in total. The highest BCUT2D eigenvalue weighted by atomic mass is 16.6. The maximum Gasteiger partial charge on any atom is 0.320 e. The molecule has 2 aliphatic heterocycles. The molecule has 0 bridgehead atoms. The third-order valence-corrected chi connectivity index (χ3v) is 8.13. The molecule has 1 aliphatic carbocycles. The molecule has 0 radical (unpaired) electrons. The zero-order valence-electron chi connectivity index (χ0n) is 24.2. The second kappa shape index (κ2) is 13.8. The minimum Gasteiger partial charge on any atom is -0.491 e. The molecule has 7 atom stereocenters. The van der Waals surface area contributed by atoms with E-state index in [1.165, 1.54) is 19.6 Å². The number of carboxylic acid groups (broad SMARTS) is 1. The van der Waals surface area contributed by atoms with E-state index >= 15 is 0 Å². The number of hydrogen-bond acceptors (Lipinski definition) is 8. The lowest BCUT2D eigenvalue weighted by atomic mass is 9.77. The Morgan fingerprint density at radius 3 is 2.05 bits per heavy atom. The van der Waals surface area contributed by atoms with E-state index in [1.54, 1.807) is 0 Å². The summed E-state index contributed by atoms with van der Waals surface area (Å²) in [6, 6.07) is 6.25. The second-order valence-corrected chi connectivity index (χ2v) is 11.5. The van der Waals surface area contributed by atoms with Crippen LogP contribution in [-0.4, -0.2) is 83.5 Å². The number of carbonyl (C=O) groups excluding carboxylic acids is 4. The van der Waals surface area contributed by atoms with Crippen LogP contribution in [-0.2, 0) is 39.9 Å². The van der Waals surface area contributed by atoms with Crippen LogP contribution < -0.4 is 16.0 Å². The lowest BCUT2D eigenvalue weighted by Crippen LogP contribution is -2.56. The summed E-state index contributed by atoms with van der Waals surface area (Å²) in [5, 5.41) is 18.3. The number of hydrogen-bond donors (Lipinski definition) is 4. The minimum atomic E-state index is -1.21. The Balaban J connectivity index is 1.41. The van der Waals surface area contributed by atoms with Gasteiger partial charge in [0.05, 0.1) is 17.9 Å². The van der Waals surface area contributed by atoms with Gasteiger partial charge in [-0.3, -0.25) is 34.2 Å². The predicted octanol–water partition coefficient (Wildman–Crippen LogP) is 0.958. The monoisotopic (exact) mass is 584 g/mol. The smallest absolute Gasteiger partial charge is 0.320 e. The summed E-state index contributed by atoms with van der Waals surface area (Å²) in [5.41, 5.74) is 0.859. The first kappa shape index (κ1) is 31.0. The summed E-state index contributed by atoms with van der Waals surface area (Å²) in [7, 11) is 1.48. The molecular weight excluding hydrogens is 544 g/mol. The topological polar surface area (TPSA) is 163 Å². The summed E-state index contributed by atoms with van der Waals surface area (Å²) >= 11 is 0. The van der Waals surface area contributed by atoms with Gasteiger partial charge in [-0.1, -0.05) is 44.2 Å². The highest BCUT2D eigenvalue weighted by Gasteiger charge is 2.54. The Kier molecular flexibility index (Phi) is 10.2. The summed E-state index contributed by atoms with van der Waals surface area (Å²) in [5.74, 6) is -3.79. The van der Waals surface area contributed by atoms with Gasteiger partial charge < -0.3 is 25.2 Å². The van der Waals surface area contributed by atoms with Crippen LogP contribution in [0.4, 0.5) is 0 Å². The zero-order valence-corrected chi connectivity index (χ0v) is 24.2. The number of amides is 4. The van der Waals surface area contributed by atoms with Crippen molar-refractivity contribution in [2.45, 2.75) is 76.3 Å². The fraction of sp³-hybridized carbons (Fsp3) is 0.567. The molecule has 42 heavy (non-hydrogen) atoms. The third kappa shape index (κ3) is 7.28. The maximum atomic E-state index is 13.4. The molecule has 12 heteroatoms. The number of rotatable bonds is 13. The van der Waals surface area contributed by atoms with Gasteiger partial charge in [0.15, 0.2) is 0 Å². The number of carbonyl (C=O) groups is 5. The largest absolute Gasteiger partial charge is 0.491 e. The molecular formula is C30H40N4O8. The molecule has 0 aromatic heterocycles. The molecule has 4 rings (SSSR count). The third-order valence-electron chi connectivity index (χ3n) is 8.13. The number of ether oxygens (including phenoxy) is 2. The fourth-order valence-corrected chi connectivity index (χ4v) is 5.97. The Morgan fingerprint density at radius 2 is 1.52 bits per heavy atom. The molecule has 1 saturated heterocycles. The van der Waals surface area contributed by atoms with E-state index in [-0.39, 0.29) is 55.2 Å². The van der Waals surface area contributed by atoms with Crippen LogP contribution in [0.25, 0.3) is 0 Å². The summed E-state index contributed by atoms with van der Waals surface area (Å²) < 4.78 is 11.2. The van der Waals surface area contributed by atoms with Gasteiger partial charge in [0, 0.05) is 32.9 Å². The van der Waals surface area contributed by atoms with E-state index in [9.17, 15) is 29.1 Å². The van der Waals surface area contributed by atoms with Crippen molar-refractivity contribution in [2.24, 2.45) is 17.8 Å². The van der Waals surface area contributed by atoms with Gasteiger partial charge in [-0.2, -0.15) is 0 Å². The van der Waals surface area contributed by atoms with Crippen LogP contribution in [0.2, 0.25) is 0 Å². The fourth-order valence-electron chi connectivity index (χ4n) is 5.97. The number of carboxylic acids is 1. The van der Waals surface area contributed by atoms with Gasteiger partial charge in [-0.25, -0.2) is 0 Å². The first-order valence-corrected chi connectivity index (χ1v) is 14.4. The van der Waals surface area contributed by atoms with Crippen LogP contribution in [0.5, 0.6) is 0 Å². The summed E-state index contributed by atoms with van der Waals surface area (Å²) in [4.78, 5) is 65.8. The molecule has 0 spiro atoms. The van der Waals surface area contributed by atoms with Crippen molar-refractivity contribution < 1.29 is 38.6 Å². The van der Waals surface area contributed by atoms with Gasteiger partial charge in [-0.05, 0) is 24.3 Å². The lowest BCUT2D eigenvalue weighted by molar-refractivity contribution is -0.144.